The molecule has 0 aliphatic carbocycles. The van der Waals surface area contributed by atoms with Gasteiger partial charge in [-0.15, -0.1) is 23.1 Å². The van der Waals surface area contributed by atoms with E-state index in [4.69, 9.17) is 0 Å². The number of ketones is 1. The van der Waals surface area contributed by atoms with Gasteiger partial charge in [0, 0.05) is 54.6 Å². The monoisotopic (exact) mass is 375 g/mol. The molecule has 0 saturated carbocycles. The lowest BCUT2D eigenvalue weighted by Crippen LogP contribution is -2.38. The molecule has 4 nitrogen and oxygen atoms in total. The minimum atomic E-state index is 0.107. The van der Waals surface area contributed by atoms with E-state index in [0.717, 1.165) is 43.2 Å². The number of nitrogens with zero attached hydrogens (tertiary/aromatic N) is 3. The van der Waals surface area contributed by atoms with E-state index >= 15 is 0 Å². The number of rotatable bonds is 6. The summed E-state index contributed by atoms with van der Waals surface area (Å²) < 4.78 is 0. The summed E-state index contributed by atoms with van der Waals surface area (Å²) in [6.07, 6.45) is 6.09. The molecule has 2 heterocycles. The highest BCUT2D eigenvalue weighted by molar-refractivity contribution is 7.98. The van der Waals surface area contributed by atoms with Crippen molar-refractivity contribution in [1.82, 2.24) is 9.88 Å². The van der Waals surface area contributed by atoms with Gasteiger partial charge in [-0.1, -0.05) is 12.1 Å². The summed E-state index contributed by atoms with van der Waals surface area (Å²) in [5.41, 5.74) is 0.845. The van der Waals surface area contributed by atoms with Crippen LogP contribution in [-0.4, -0.2) is 49.1 Å². The summed E-state index contributed by atoms with van der Waals surface area (Å²) in [6.45, 7) is 2.80. The van der Waals surface area contributed by atoms with Crippen LogP contribution >= 0.6 is 23.1 Å². The third-order valence-corrected chi connectivity index (χ3v) is 6.45. The Kier molecular flexibility index (Phi) is 6.15. The van der Waals surface area contributed by atoms with Gasteiger partial charge in [-0.3, -0.25) is 9.69 Å². The summed E-state index contributed by atoms with van der Waals surface area (Å²) in [4.78, 5) is 24.2. The van der Waals surface area contributed by atoms with Gasteiger partial charge in [0.05, 0.1) is 0 Å². The van der Waals surface area contributed by atoms with Crippen LogP contribution in [0.2, 0.25) is 0 Å². The number of anilines is 1. The van der Waals surface area contributed by atoms with Crippen molar-refractivity contribution in [3.05, 3.63) is 40.9 Å². The number of aromatic nitrogens is 1. The van der Waals surface area contributed by atoms with Crippen molar-refractivity contribution in [3.8, 4) is 0 Å². The molecule has 1 aliphatic rings. The van der Waals surface area contributed by atoms with E-state index in [1.807, 2.05) is 49.5 Å². The van der Waals surface area contributed by atoms with Gasteiger partial charge in [0.2, 0.25) is 0 Å². The maximum absolute atomic E-state index is 12.8. The highest BCUT2D eigenvalue weighted by Crippen LogP contribution is 2.26. The van der Waals surface area contributed by atoms with Crippen LogP contribution in [0.5, 0.6) is 0 Å². The molecule has 1 saturated heterocycles. The van der Waals surface area contributed by atoms with Gasteiger partial charge in [-0.2, -0.15) is 0 Å². The third-order valence-electron chi connectivity index (χ3n) is 4.55. The standard InChI is InChI=1S/C19H25N3OS2/c1-21(2)19-20-11-17(25-19)13-22-10-4-5-15(12-22)18(23)14-6-8-16(24-3)9-7-14/h6-9,11,15H,4-5,10,12-13H2,1-3H3. The average Bonchev–Trinajstić information content (AvgIpc) is 3.10. The van der Waals surface area contributed by atoms with Crippen molar-refractivity contribution >= 4 is 34.0 Å². The summed E-state index contributed by atoms with van der Waals surface area (Å²) in [7, 11) is 4.03. The molecule has 1 aromatic carbocycles. The maximum Gasteiger partial charge on any atom is 0.185 e. The smallest absolute Gasteiger partial charge is 0.185 e. The maximum atomic E-state index is 12.8. The molecule has 1 aromatic heterocycles. The number of hydrogen-bond donors (Lipinski definition) is 0. The van der Waals surface area contributed by atoms with E-state index in [1.165, 1.54) is 9.77 Å². The molecule has 1 atom stereocenters. The zero-order chi connectivity index (χ0) is 17.8. The van der Waals surface area contributed by atoms with Gasteiger partial charge in [0.15, 0.2) is 10.9 Å². The van der Waals surface area contributed by atoms with Crippen LogP contribution in [0.1, 0.15) is 28.1 Å². The van der Waals surface area contributed by atoms with Crippen molar-refractivity contribution in [2.24, 2.45) is 5.92 Å². The molecule has 1 unspecified atom stereocenters. The van der Waals surface area contributed by atoms with Gasteiger partial charge in [0.1, 0.15) is 0 Å². The lowest BCUT2D eigenvalue weighted by atomic mass is 9.90. The van der Waals surface area contributed by atoms with E-state index in [2.05, 4.69) is 16.1 Å². The summed E-state index contributed by atoms with van der Waals surface area (Å²) >= 11 is 3.43. The van der Waals surface area contributed by atoms with Crippen LogP contribution in [-0.2, 0) is 6.54 Å². The number of carbonyl (C=O) groups is 1. The van der Waals surface area contributed by atoms with Crippen LogP contribution < -0.4 is 4.90 Å². The van der Waals surface area contributed by atoms with Crippen LogP contribution in [0.4, 0.5) is 5.13 Å². The molecule has 0 bridgehead atoms. The second-order valence-electron chi connectivity index (χ2n) is 6.67. The van der Waals surface area contributed by atoms with E-state index in [-0.39, 0.29) is 11.7 Å². The van der Waals surface area contributed by atoms with Crippen molar-refractivity contribution in [1.29, 1.82) is 0 Å². The molecule has 6 heteroatoms. The van der Waals surface area contributed by atoms with Crippen LogP contribution in [0.25, 0.3) is 0 Å². The Balaban J connectivity index is 1.62. The molecule has 1 aliphatic heterocycles. The SMILES string of the molecule is CSc1ccc(C(=O)C2CCCN(Cc3cnc(N(C)C)s3)C2)cc1. The van der Waals surface area contributed by atoms with Crippen LogP contribution in [0, 0.1) is 5.92 Å². The van der Waals surface area contributed by atoms with Gasteiger partial charge < -0.3 is 4.90 Å². The molecule has 25 heavy (non-hydrogen) atoms. The minimum Gasteiger partial charge on any atom is -0.354 e. The number of piperidine rings is 1. The second-order valence-corrected chi connectivity index (χ2v) is 8.64. The highest BCUT2D eigenvalue weighted by atomic mass is 32.2. The number of Topliss-reactive ketones (excluding diaryl/α,β-unsaturated/α-hetero) is 1. The average molecular weight is 376 g/mol. The first-order chi connectivity index (χ1) is 12.1. The zero-order valence-electron chi connectivity index (χ0n) is 15.1. The number of carbonyl (C=O) groups excluding carboxylic acids is 1. The predicted molar refractivity (Wildman–Crippen MR) is 107 cm³/mol. The molecule has 0 N–H and O–H groups in total. The normalized spacial score (nSPS) is 18.3. The zero-order valence-corrected chi connectivity index (χ0v) is 16.7. The van der Waals surface area contributed by atoms with Crippen molar-refractivity contribution in [2.45, 2.75) is 24.3 Å². The molecule has 134 valence electrons. The molecular formula is C19H25N3OS2. The largest absolute Gasteiger partial charge is 0.354 e. The van der Waals surface area contributed by atoms with Crippen molar-refractivity contribution in [3.63, 3.8) is 0 Å². The molecular weight excluding hydrogens is 350 g/mol. The molecule has 2 aromatic rings. The lowest BCUT2D eigenvalue weighted by molar-refractivity contribution is 0.0812. The second kappa shape index (κ2) is 8.34. The van der Waals surface area contributed by atoms with E-state index in [9.17, 15) is 4.79 Å². The predicted octanol–water partition coefficient (Wildman–Crippen LogP) is 4.03. The van der Waals surface area contributed by atoms with Crippen LogP contribution in [0.3, 0.4) is 0 Å². The van der Waals surface area contributed by atoms with E-state index < -0.39 is 0 Å². The van der Waals surface area contributed by atoms with E-state index in [0.29, 0.717) is 0 Å². The Hall–Kier alpha value is -1.37. The highest BCUT2D eigenvalue weighted by Gasteiger charge is 2.27. The Bertz CT molecular complexity index is 712. The summed E-state index contributed by atoms with van der Waals surface area (Å²) in [5.74, 6) is 0.394. The molecule has 1 fully saturated rings. The number of hydrogen-bond acceptors (Lipinski definition) is 6. The number of benzene rings is 1. The summed E-state index contributed by atoms with van der Waals surface area (Å²) in [6, 6.07) is 8.02. The third kappa shape index (κ3) is 4.63. The molecule has 0 spiro atoms. The van der Waals surface area contributed by atoms with Crippen molar-refractivity contribution < 1.29 is 4.79 Å². The number of thiazole rings is 1. The fourth-order valence-corrected chi connectivity index (χ4v) is 4.48. The Morgan fingerprint density at radius 3 is 2.76 bits per heavy atom. The lowest BCUT2D eigenvalue weighted by Gasteiger charge is -2.31. The Labute approximate surface area is 158 Å². The van der Waals surface area contributed by atoms with Gasteiger partial charge in [-0.05, 0) is 37.8 Å². The van der Waals surface area contributed by atoms with Gasteiger partial charge in [0.25, 0.3) is 0 Å². The topological polar surface area (TPSA) is 36.4 Å². The molecule has 0 amide bonds. The first-order valence-electron chi connectivity index (χ1n) is 8.59. The van der Waals surface area contributed by atoms with Gasteiger partial charge >= 0.3 is 0 Å². The molecule has 0 radical (unpaired) electrons. The quantitative estimate of drug-likeness (QED) is 0.563. The number of thioether (sulfide) groups is 1. The fourth-order valence-electron chi connectivity index (χ4n) is 3.20. The Morgan fingerprint density at radius 1 is 1.36 bits per heavy atom. The first-order valence-corrected chi connectivity index (χ1v) is 10.6. The molecule has 3 rings (SSSR count). The van der Waals surface area contributed by atoms with Gasteiger partial charge in [-0.25, -0.2) is 4.98 Å². The van der Waals surface area contributed by atoms with E-state index in [1.54, 1.807) is 23.1 Å². The summed E-state index contributed by atoms with van der Waals surface area (Å²) in [5, 5.41) is 1.04. The number of likely N-dealkylation sites (tertiary alicyclic amines) is 1. The Morgan fingerprint density at radius 2 is 2.12 bits per heavy atom. The minimum absolute atomic E-state index is 0.107. The van der Waals surface area contributed by atoms with Crippen LogP contribution in [0.15, 0.2) is 35.4 Å². The van der Waals surface area contributed by atoms with Crippen molar-refractivity contribution in [2.75, 3.05) is 38.3 Å². The first kappa shape index (κ1) is 18.4. The fraction of sp³-hybridized carbons (Fsp3) is 0.474.